The second kappa shape index (κ2) is 10.9. The predicted molar refractivity (Wildman–Crippen MR) is 136 cm³/mol. The lowest BCUT2D eigenvalue weighted by Gasteiger charge is -2.39. The molecule has 30 heavy (non-hydrogen) atoms. The minimum Gasteiger partial charge on any atom is -0.357 e. The predicted octanol–water partition coefficient (Wildman–Crippen LogP) is 3.86. The number of imidazole rings is 1. The Balaban J connectivity index is 0.00000256. The smallest absolute Gasteiger partial charge is 0.194 e. The normalized spacial score (nSPS) is 23.6. The highest BCUT2D eigenvalue weighted by molar-refractivity contribution is 14.0. The maximum Gasteiger partial charge on any atom is 0.194 e. The monoisotopic (exact) mass is 542 g/mol. The van der Waals surface area contributed by atoms with Crippen LogP contribution in [0, 0.1) is 5.92 Å². The molecule has 8 heteroatoms. The topological polar surface area (TPSA) is 48.7 Å². The van der Waals surface area contributed by atoms with Crippen LogP contribution in [0.3, 0.4) is 0 Å². The minimum atomic E-state index is 0. The van der Waals surface area contributed by atoms with Crippen molar-refractivity contribution in [3.63, 3.8) is 0 Å². The van der Waals surface area contributed by atoms with Gasteiger partial charge in [-0.25, -0.2) is 4.98 Å². The van der Waals surface area contributed by atoms with Gasteiger partial charge in [0.05, 0.1) is 18.9 Å². The summed E-state index contributed by atoms with van der Waals surface area (Å²) in [6, 6.07) is 3.19. The maximum absolute atomic E-state index is 5.06. The Hall–Kier alpha value is -1.13. The number of hydrogen-bond donors (Lipinski definition) is 1. The summed E-state index contributed by atoms with van der Waals surface area (Å²) < 4.78 is 2.26. The molecule has 6 nitrogen and oxygen atoms in total. The molecule has 3 unspecified atom stereocenters. The Morgan fingerprint density at radius 3 is 3.03 bits per heavy atom. The Labute approximate surface area is 201 Å². The van der Waals surface area contributed by atoms with Gasteiger partial charge in [0.1, 0.15) is 0 Å². The molecule has 1 saturated heterocycles. The summed E-state index contributed by atoms with van der Waals surface area (Å²) in [6.07, 6.45) is 8.27. The number of guanidine groups is 1. The molecule has 2 aromatic rings. The lowest BCUT2D eigenvalue weighted by Crippen LogP contribution is -2.49. The van der Waals surface area contributed by atoms with Crippen LogP contribution in [-0.2, 0) is 13.0 Å². The third-order valence-corrected chi connectivity index (χ3v) is 7.45. The van der Waals surface area contributed by atoms with E-state index in [0.717, 1.165) is 45.2 Å². The standard InChI is InChI=1S/C22H34N6S.HI/c1-4-24-22(27-9-5-17(2)20(15-27)28-11-8-23-16-28)25-13-18(3)26-10-6-21-19(14-26)7-12-29-21;/h7-8,11-12,16-18,20H,4-6,9-10,13-15H2,1-3H3,(H,24,25);1H. The fourth-order valence-corrected chi connectivity index (χ4v) is 5.39. The Morgan fingerprint density at radius 1 is 1.40 bits per heavy atom. The molecule has 2 aliphatic heterocycles. The molecule has 0 bridgehead atoms. The summed E-state index contributed by atoms with van der Waals surface area (Å²) >= 11 is 1.90. The number of nitrogens with zero attached hydrogens (tertiary/aromatic N) is 5. The molecule has 2 aliphatic rings. The van der Waals surface area contributed by atoms with Gasteiger partial charge in [-0.3, -0.25) is 9.89 Å². The van der Waals surface area contributed by atoms with E-state index in [-0.39, 0.29) is 24.0 Å². The molecule has 1 N–H and O–H groups in total. The SMILES string of the molecule is CCNC(=NCC(C)N1CCc2sccc2C1)N1CCC(C)C(n2ccnc2)C1.I. The van der Waals surface area contributed by atoms with Crippen LogP contribution in [0.15, 0.2) is 35.2 Å². The molecule has 0 radical (unpaired) electrons. The van der Waals surface area contributed by atoms with Crippen molar-refractivity contribution in [2.45, 2.75) is 52.2 Å². The quantitative estimate of drug-likeness (QED) is 0.354. The van der Waals surface area contributed by atoms with E-state index in [4.69, 9.17) is 4.99 Å². The summed E-state index contributed by atoms with van der Waals surface area (Å²) in [6.45, 7) is 12.8. The van der Waals surface area contributed by atoms with Crippen molar-refractivity contribution < 1.29 is 0 Å². The van der Waals surface area contributed by atoms with E-state index in [0.29, 0.717) is 18.0 Å². The third kappa shape index (κ3) is 5.37. The van der Waals surface area contributed by atoms with Crippen LogP contribution in [0.4, 0.5) is 0 Å². The number of hydrogen-bond acceptors (Lipinski definition) is 4. The molecular weight excluding hydrogens is 507 g/mol. The Kier molecular flexibility index (Phi) is 8.59. The zero-order valence-corrected chi connectivity index (χ0v) is 21.5. The van der Waals surface area contributed by atoms with Gasteiger partial charge >= 0.3 is 0 Å². The molecule has 4 heterocycles. The van der Waals surface area contributed by atoms with Crippen LogP contribution in [0.2, 0.25) is 0 Å². The van der Waals surface area contributed by atoms with Crippen molar-refractivity contribution in [3.05, 3.63) is 40.6 Å². The number of thiophene rings is 1. The second-order valence-corrected chi connectivity index (χ2v) is 9.42. The van der Waals surface area contributed by atoms with Gasteiger partial charge < -0.3 is 14.8 Å². The number of halogens is 1. The van der Waals surface area contributed by atoms with Crippen LogP contribution >= 0.6 is 35.3 Å². The molecule has 4 rings (SSSR count). The van der Waals surface area contributed by atoms with Crippen LogP contribution in [0.25, 0.3) is 0 Å². The van der Waals surface area contributed by atoms with Gasteiger partial charge in [-0.1, -0.05) is 6.92 Å². The van der Waals surface area contributed by atoms with Crippen LogP contribution in [0.5, 0.6) is 0 Å². The number of aliphatic imine (C=N–C) groups is 1. The second-order valence-electron chi connectivity index (χ2n) is 8.42. The molecule has 166 valence electrons. The molecule has 0 amide bonds. The number of nitrogens with one attached hydrogen (secondary N) is 1. The number of piperidine rings is 1. The number of fused-ring (bicyclic) bond motifs is 1. The molecule has 0 saturated carbocycles. The van der Waals surface area contributed by atoms with Gasteiger partial charge in [0.25, 0.3) is 0 Å². The molecule has 3 atom stereocenters. The first-order chi connectivity index (χ1) is 14.2. The van der Waals surface area contributed by atoms with Crippen LogP contribution < -0.4 is 5.32 Å². The van der Waals surface area contributed by atoms with Gasteiger partial charge in [0, 0.05) is 56.0 Å². The van der Waals surface area contributed by atoms with E-state index < -0.39 is 0 Å². The van der Waals surface area contributed by atoms with E-state index in [1.165, 1.54) is 18.4 Å². The number of likely N-dealkylation sites (tertiary alicyclic amines) is 1. The maximum atomic E-state index is 5.06. The van der Waals surface area contributed by atoms with Crippen LogP contribution in [0.1, 0.15) is 43.7 Å². The first kappa shape index (κ1) is 23.5. The largest absolute Gasteiger partial charge is 0.357 e. The van der Waals surface area contributed by atoms with Gasteiger partial charge in [-0.2, -0.15) is 0 Å². The highest BCUT2D eigenvalue weighted by Crippen LogP contribution is 2.28. The first-order valence-electron chi connectivity index (χ1n) is 11.0. The number of aromatic nitrogens is 2. The van der Waals surface area contributed by atoms with E-state index in [2.05, 4.69) is 63.1 Å². The number of rotatable bonds is 5. The summed E-state index contributed by atoms with van der Waals surface area (Å²) in [5.41, 5.74) is 1.51. The zero-order chi connectivity index (χ0) is 20.2. The highest BCUT2D eigenvalue weighted by atomic mass is 127. The van der Waals surface area contributed by atoms with Crippen molar-refractivity contribution >= 4 is 41.3 Å². The van der Waals surface area contributed by atoms with Gasteiger partial charge in [-0.15, -0.1) is 35.3 Å². The molecule has 1 fully saturated rings. The summed E-state index contributed by atoms with van der Waals surface area (Å²) in [5.74, 6) is 1.71. The molecule has 0 spiro atoms. The molecule has 0 aromatic carbocycles. The van der Waals surface area contributed by atoms with Crippen molar-refractivity contribution in [2.24, 2.45) is 10.9 Å². The Morgan fingerprint density at radius 2 is 2.27 bits per heavy atom. The summed E-state index contributed by atoms with van der Waals surface area (Å²) in [7, 11) is 0. The van der Waals surface area contributed by atoms with E-state index in [1.807, 2.05) is 23.9 Å². The van der Waals surface area contributed by atoms with Crippen molar-refractivity contribution in [1.82, 2.24) is 24.7 Å². The van der Waals surface area contributed by atoms with Crippen molar-refractivity contribution in [3.8, 4) is 0 Å². The van der Waals surface area contributed by atoms with Gasteiger partial charge in [0.15, 0.2) is 5.96 Å². The zero-order valence-electron chi connectivity index (χ0n) is 18.3. The van der Waals surface area contributed by atoms with Crippen molar-refractivity contribution in [1.29, 1.82) is 0 Å². The molecule has 2 aromatic heterocycles. The lowest BCUT2D eigenvalue weighted by atomic mass is 9.93. The van der Waals surface area contributed by atoms with Gasteiger partial charge in [0.2, 0.25) is 0 Å². The van der Waals surface area contributed by atoms with Crippen molar-refractivity contribution in [2.75, 3.05) is 32.7 Å². The van der Waals surface area contributed by atoms with E-state index in [9.17, 15) is 0 Å². The van der Waals surface area contributed by atoms with Crippen LogP contribution in [-0.4, -0.2) is 64.1 Å². The first-order valence-corrected chi connectivity index (χ1v) is 11.8. The van der Waals surface area contributed by atoms with Gasteiger partial charge in [-0.05, 0) is 49.6 Å². The average Bonchev–Trinajstić information content (AvgIpc) is 3.42. The Bertz CT molecular complexity index is 804. The lowest BCUT2D eigenvalue weighted by molar-refractivity contribution is 0.184. The van der Waals surface area contributed by atoms with E-state index >= 15 is 0 Å². The minimum absolute atomic E-state index is 0. The van der Waals surface area contributed by atoms with E-state index in [1.54, 1.807) is 4.88 Å². The highest BCUT2D eigenvalue weighted by Gasteiger charge is 2.29. The fraction of sp³-hybridized carbons (Fsp3) is 0.636. The molecule has 0 aliphatic carbocycles. The average molecular weight is 543 g/mol. The fourth-order valence-electron chi connectivity index (χ4n) is 4.50. The molecular formula is C22H35IN6S. The third-order valence-electron chi connectivity index (χ3n) is 6.43. The summed E-state index contributed by atoms with van der Waals surface area (Å²) in [5, 5.41) is 5.77. The summed E-state index contributed by atoms with van der Waals surface area (Å²) in [4.78, 5) is 15.9.